The lowest BCUT2D eigenvalue weighted by Crippen LogP contribution is -2.26. The molecule has 0 bridgehead atoms. The maximum atomic E-state index is 4.62. The van der Waals surface area contributed by atoms with Crippen LogP contribution in [-0.2, 0) is 0 Å². The van der Waals surface area contributed by atoms with Gasteiger partial charge in [0.1, 0.15) is 5.52 Å². The summed E-state index contributed by atoms with van der Waals surface area (Å²) < 4.78 is 0. The van der Waals surface area contributed by atoms with Gasteiger partial charge >= 0.3 is 0 Å². The Bertz CT molecular complexity index is 612. The Morgan fingerprint density at radius 1 is 1.35 bits per heavy atom. The van der Waals surface area contributed by atoms with Crippen LogP contribution in [-0.4, -0.2) is 40.1 Å². The average Bonchev–Trinajstić information content (AvgIpc) is 3.05. The Balaban J connectivity index is 1.96. The van der Waals surface area contributed by atoms with Gasteiger partial charge < -0.3 is 15.2 Å². The minimum absolute atomic E-state index is 0.334. The van der Waals surface area contributed by atoms with E-state index in [2.05, 4.69) is 50.9 Å². The minimum atomic E-state index is 0.334. The van der Waals surface area contributed by atoms with Crippen molar-refractivity contribution < 1.29 is 0 Å². The molecule has 6 heteroatoms. The monoisotopic (exact) mass is 274 g/mol. The molecule has 2 aromatic rings. The van der Waals surface area contributed by atoms with Gasteiger partial charge in [0.05, 0.1) is 6.33 Å². The van der Waals surface area contributed by atoms with Crippen molar-refractivity contribution in [2.75, 3.05) is 30.4 Å². The molecule has 0 aromatic carbocycles. The van der Waals surface area contributed by atoms with Gasteiger partial charge in [-0.15, -0.1) is 0 Å². The summed E-state index contributed by atoms with van der Waals surface area (Å²) in [5.41, 5.74) is 1.98. The van der Waals surface area contributed by atoms with Crippen molar-refractivity contribution in [3.63, 3.8) is 0 Å². The molecule has 1 unspecified atom stereocenters. The van der Waals surface area contributed by atoms with E-state index in [1.165, 1.54) is 6.42 Å². The predicted octanol–water partition coefficient (Wildman–Crippen LogP) is 2.27. The Labute approximate surface area is 119 Å². The summed E-state index contributed by atoms with van der Waals surface area (Å²) in [5.74, 6) is 2.27. The van der Waals surface area contributed by atoms with Crippen molar-refractivity contribution in [3.8, 4) is 0 Å². The summed E-state index contributed by atoms with van der Waals surface area (Å²) in [6, 6.07) is 0. The van der Waals surface area contributed by atoms with Crippen LogP contribution in [0, 0.1) is 11.3 Å². The van der Waals surface area contributed by atoms with Gasteiger partial charge in [-0.05, 0) is 17.8 Å². The molecule has 2 N–H and O–H groups in total. The Hall–Kier alpha value is -1.85. The first kappa shape index (κ1) is 13.1. The maximum Gasteiger partial charge on any atom is 0.226 e. The number of H-pyrrole nitrogens is 1. The highest BCUT2D eigenvalue weighted by Gasteiger charge is 2.33. The maximum absolute atomic E-state index is 4.62. The molecule has 0 spiro atoms. The number of nitrogens with zero attached hydrogens (tertiary/aromatic N) is 4. The van der Waals surface area contributed by atoms with Crippen LogP contribution in [0.15, 0.2) is 6.33 Å². The molecule has 0 radical (unpaired) electrons. The number of hydrogen-bond donors (Lipinski definition) is 2. The van der Waals surface area contributed by atoms with Gasteiger partial charge in [0, 0.05) is 20.1 Å². The molecule has 0 amide bonds. The van der Waals surface area contributed by atoms with Crippen LogP contribution >= 0.6 is 0 Å². The second-order valence-corrected chi connectivity index (χ2v) is 6.52. The van der Waals surface area contributed by atoms with Crippen molar-refractivity contribution in [1.29, 1.82) is 0 Å². The molecule has 6 nitrogen and oxygen atoms in total. The van der Waals surface area contributed by atoms with Crippen LogP contribution < -0.4 is 10.2 Å². The number of anilines is 2. The lowest BCUT2D eigenvalue weighted by molar-refractivity contribution is 0.263. The van der Waals surface area contributed by atoms with Crippen LogP contribution in [0.3, 0.4) is 0 Å². The Morgan fingerprint density at radius 2 is 2.15 bits per heavy atom. The zero-order chi connectivity index (χ0) is 14.3. The molecular weight excluding hydrogens is 252 g/mol. The summed E-state index contributed by atoms with van der Waals surface area (Å²) >= 11 is 0. The summed E-state index contributed by atoms with van der Waals surface area (Å²) in [7, 11) is 1.83. The van der Waals surface area contributed by atoms with Crippen LogP contribution in [0.5, 0.6) is 0 Å². The van der Waals surface area contributed by atoms with Crippen molar-refractivity contribution in [1.82, 2.24) is 19.9 Å². The minimum Gasteiger partial charge on any atom is -0.357 e. The number of rotatable bonds is 2. The standard InChI is InChI=1S/C14H22N6/c1-14(2,3)9-5-6-20(7-9)12-10-11(17-8-16-10)18-13(15-4)19-12/h8-9H,5-7H2,1-4H3,(H2,15,16,17,18,19). The fraction of sp³-hybridized carbons (Fsp3) is 0.643. The number of nitrogens with one attached hydrogen (secondary N) is 2. The number of aromatic nitrogens is 4. The third-order valence-corrected chi connectivity index (χ3v) is 4.20. The molecule has 108 valence electrons. The van der Waals surface area contributed by atoms with Gasteiger partial charge in [0.2, 0.25) is 5.95 Å². The van der Waals surface area contributed by atoms with E-state index >= 15 is 0 Å². The van der Waals surface area contributed by atoms with E-state index in [1.54, 1.807) is 6.33 Å². The molecule has 1 aliphatic heterocycles. The van der Waals surface area contributed by atoms with E-state index in [0.29, 0.717) is 17.3 Å². The van der Waals surface area contributed by atoms with Gasteiger partial charge in [-0.2, -0.15) is 9.97 Å². The second kappa shape index (κ2) is 4.61. The first-order chi connectivity index (χ1) is 9.49. The molecule has 2 aromatic heterocycles. The zero-order valence-electron chi connectivity index (χ0n) is 12.6. The molecule has 0 saturated carbocycles. The van der Waals surface area contributed by atoms with Crippen molar-refractivity contribution in [2.24, 2.45) is 11.3 Å². The quantitative estimate of drug-likeness (QED) is 0.879. The number of fused-ring (bicyclic) bond motifs is 1. The van der Waals surface area contributed by atoms with Gasteiger partial charge in [-0.3, -0.25) is 0 Å². The van der Waals surface area contributed by atoms with Gasteiger partial charge in [0.25, 0.3) is 0 Å². The highest BCUT2D eigenvalue weighted by atomic mass is 15.3. The fourth-order valence-electron chi connectivity index (χ4n) is 2.82. The lowest BCUT2D eigenvalue weighted by Gasteiger charge is -2.27. The van der Waals surface area contributed by atoms with Crippen LogP contribution in [0.25, 0.3) is 11.2 Å². The zero-order valence-corrected chi connectivity index (χ0v) is 12.6. The summed E-state index contributed by atoms with van der Waals surface area (Å²) in [6.45, 7) is 9.01. The Morgan fingerprint density at radius 3 is 2.80 bits per heavy atom. The third-order valence-electron chi connectivity index (χ3n) is 4.20. The molecule has 1 aliphatic rings. The van der Waals surface area contributed by atoms with Crippen LogP contribution in [0.1, 0.15) is 27.2 Å². The molecule has 1 atom stereocenters. The van der Waals surface area contributed by atoms with E-state index in [-0.39, 0.29) is 0 Å². The molecule has 0 aliphatic carbocycles. The van der Waals surface area contributed by atoms with Crippen LogP contribution in [0.2, 0.25) is 0 Å². The highest BCUT2D eigenvalue weighted by molar-refractivity contribution is 5.84. The van der Waals surface area contributed by atoms with Crippen LogP contribution in [0.4, 0.5) is 11.8 Å². The largest absolute Gasteiger partial charge is 0.357 e. The smallest absolute Gasteiger partial charge is 0.226 e. The summed E-state index contributed by atoms with van der Waals surface area (Å²) in [5, 5.41) is 3.01. The SMILES string of the molecule is CNc1nc(N2CCC(C(C)(C)C)C2)c2[nH]cnc2n1. The van der Waals surface area contributed by atoms with E-state index in [4.69, 9.17) is 0 Å². The third kappa shape index (κ3) is 2.19. The normalized spacial score (nSPS) is 19.8. The first-order valence-electron chi connectivity index (χ1n) is 7.13. The van der Waals surface area contributed by atoms with Crippen molar-refractivity contribution in [2.45, 2.75) is 27.2 Å². The topological polar surface area (TPSA) is 69.7 Å². The lowest BCUT2D eigenvalue weighted by atomic mass is 9.80. The summed E-state index contributed by atoms with van der Waals surface area (Å²) in [6.07, 6.45) is 2.89. The van der Waals surface area contributed by atoms with Gasteiger partial charge in [0.15, 0.2) is 11.5 Å². The first-order valence-corrected chi connectivity index (χ1v) is 7.13. The van der Waals surface area contributed by atoms with Crippen molar-refractivity contribution >= 4 is 22.9 Å². The second-order valence-electron chi connectivity index (χ2n) is 6.52. The predicted molar refractivity (Wildman–Crippen MR) is 81.0 cm³/mol. The highest BCUT2D eigenvalue weighted by Crippen LogP contribution is 2.36. The number of hydrogen-bond acceptors (Lipinski definition) is 5. The summed E-state index contributed by atoms with van der Waals surface area (Å²) in [4.78, 5) is 18.7. The fourth-order valence-corrected chi connectivity index (χ4v) is 2.82. The average molecular weight is 274 g/mol. The molecule has 1 fully saturated rings. The van der Waals surface area contributed by atoms with Gasteiger partial charge in [-0.25, -0.2) is 4.98 Å². The van der Waals surface area contributed by atoms with E-state index < -0.39 is 0 Å². The Kier molecular flexibility index (Phi) is 3.03. The van der Waals surface area contributed by atoms with E-state index in [9.17, 15) is 0 Å². The molecule has 20 heavy (non-hydrogen) atoms. The van der Waals surface area contributed by atoms with Crippen molar-refractivity contribution in [3.05, 3.63) is 6.33 Å². The molecule has 3 rings (SSSR count). The van der Waals surface area contributed by atoms with Gasteiger partial charge in [-0.1, -0.05) is 20.8 Å². The van der Waals surface area contributed by atoms with E-state index in [0.717, 1.165) is 30.1 Å². The molecular formula is C14H22N6. The van der Waals surface area contributed by atoms with E-state index in [1.807, 2.05) is 7.05 Å². The number of aromatic amines is 1. The number of imidazole rings is 1. The molecule has 3 heterocycles. The molecule has 1 saturated heterocycles.